The first kappa shape index (κ1) is 14.8. The highest BCUT2D eigenvalue weighted by molar-refractivity contribution is 6.30. The van der Waals surface area contributed by atoms with Crippen LogP contribution in [0.4, 0.5) is 13.2 Å². The zero-order valence-electron chi connectivity index (χ0n) is 10.6. The highest BCUT2D eigenvalue weighted by Gasteiger charge is 2.35. The van der Waals surface area contributed by atoms with E-state index in [4.69, 9.17) is 11.6 Å². The minimum Gasteiger partial charge on any atom is -0.308 e. The number of hydrogen-bond acceptors (Lipinski definition) is 2. The Bertz CT molecular complexity index is 582. The van der Waals surface area contributed by atoms with Gasteiger partial charge >= 0.3 is 6.18 Å². The van der Waals surface area contributed by atoms with E-state index < -0.39 is 17.8 Å². The van der Waals surface area contributed by atoms with Crippen LogP contribution in [0, 0.1) is 0 Å². The average molecular weight is 301 g/mol. The summed E-state index contributed by atoms with van der Waals surface area (Å²) in [5.74, 6) is 0. The van der Waals surface area contributed by atoms with E-state index in [9.17, 15) is 13.2 Å². The molecule has 2 nitrogen and oxygen atoms in total. The van der Waals surface area contributed by atoms with Crippen molar-refractivity contribution in [1.29, 1.82) is 0 Å². The monoisotopic (exact) mass is 300 g/mol. The minimum atomic E-state index is -4.40. The van der Waals surface area contributed by atoms with E-state index in [-0.39, 0.29) is 5.56 Å². The van der Waals surface area contributed by atoms with E-state index in [2.05, 4.69) is 10.3 Å². The number of nitrogens with one attached hydrogen (secondary N) is 1. The molecule has 1 atom stereocenters. The second-order valence-electron chi connectivity index (χ2n) is 4.21. The van der Waals surface area contributed by atoms with Gasteiger partial charge in [-0.2, -0.15) is 13.2 Å². The first-order valence-electron chi connectivity index (χ1n) is 5.88. The van der Waals surface area contributed by atoms with Crippen molar-refractivity contribution in [2.45, 2.75) is 12.2 Å². The summed E-state index contributed by atoms with van der Waals surface area (Å²) in [6.07, 6.45) is -2.99. The summed E-state index contributed by atoms with van der Waals surface area (Å²) in [5, 5.41) is 3.30. The zero-order valence-corrected chi connectivity index (χ0v) is 11.3. The van der Waals surface area contributed by atoms with Gasteiger partial charge in [0.1, 0.15) is 0 Å². The summed E-state index contributed by atoms with van der Waals surface area (Å²) < 4.78 is 39.2. The Kier molecular flexibility index (Phi) is 4.30. The zero-order chi connectivity index (χ0) is 14.8. The molecule has 0 saturated carbocycles. The Hall–Kier alpha value is -1.59. The summed E-state index contributed by atoms with van der Waals surface area (Å²) in [6.45, 7) is 0. The second kappa shape index (κ2) is 5.81. The maximum absolute atomic E-state index is 13.1. The van der Waals surface area contributed by atoms with Crippen molar-refractivity contribution in [3.05, 3.63) is 64.4 Å². The molecular formula is C14H12ClF3N2. The van der Waals surface area contributed by atoms with Crippen LogP contribution in [0.15, 0.2) is 42.6 Å². The molecule has 0 radical (unpaired) electrons. The summed E-state index contributed by atoms with van der Waals surface area (Å²) in [5.41, 5.74) is -0.0537. The van der Waals surface area contributed by atoms with Gasteiger partial charge in [0.05, 0.1) is 22.3 Å². The molecule has 0 amide bonds. The van der Waals surface area contributed by atoms with E-state index in [0.717, 1.165) is 6.07 Å². The van der Waals surface area contributed by atoms with Gasteiger partial charge in [0.15, 0.2) is 0 Å². The Morgan fingerprint density at radius 1 is 1.15 bits per heavy atom. The van der Waals surface area contributed by atoms with Crippen LogP contribution in [0.25, 0.3) is 0 Å². The van der Waals surface area contributed by atoms with E-state index >= 15 is 0 Å². The van der Waals surface area contributed by atoms with Crippen LogP contribution in [0.3, 0.4) is 0 Å². The Labute approximate surface area is 119 Å². The molecular weight excluding hydrogens is 289 g/mol. The van der Waals surface area contributed by atoms with Gasteiger partial charge in [-0.25, -0.2) is 0 Å². The SMILES string of the molecule is CNC(c1ccc(Cl)cn1)c1ccccc1C(F)(F)F. The highest BCUT2D eigenvalue weighted by atomic mass is 35.5. The molecule has 6 heteroatoms. The molecule has 0 aliphatic rings. The Balaban J connectivity index is 2.50. The predicted octanol–water partition coefficient (Wildman–Crippen LogP) is 4.06. The normalized spacial score (nSPS) is 13.2. The third-order valence-corrected chi connectivity index (χ3v) is 3.14. The fraction of sp³-hybridized carbons (Fsp3) is 0.214. The van der Waals surface area contributed by atoms with Gasteiger partial charge in [-0.05, 0) is 30.8 Å². The Morgan fingerprint density at radius 2 is 1.85 bits per heavy atom. The maximum atomic E-state index is 13.1. The molecule has 106 valence electrons. The van der Waals surface area contributed by atoms with Gasteiger partial charge in [-0.3, -0.25) is 4.98 Å². The molecule has 0 fully saturated rings. The molecule has 0 aliphatic carbocycles. The lowest BCUT2D eigenvalue weighted by Crippen LogP contribution is -2.22. The number of halogens is 4. The molecule has 20 heavy (non-hydrogen) atoms. The molecule has 1 aromatic heterocycles. The van der Waals surface area contributed by atoms with Gasteiger partial charge in [0, 0.05) is 6.20 Å². The topological polar surface area (TPSA) is 24.9 Å². The summed E-state index contributed by atoms with van der Waals surface area (Å²) in [7, 11) is 1.59. The minimum absolute atomic E-state index is 0.136. The van der Waals surface area contributed by atoms with Crippen molar-refractivity contribution in [2.24, 2.45) is 0 Å². The number of benzene rings is 1. The van der Waals surface area contributed by atoms with Gasteiger partial charge in [0.25, 0.3) is 0 Å². The highest BCUT2D eigenvalue weighted by Crippen LogP contribution is 2.36. The van der Waals surface area contributed by atoms with Crippen LogP contribution in [0.1, 0.15) is 22.9 Å². The number of rotatable bonds is 3. The molecule has 0 spiro atoms. The van der Waals surface area contributed by atoms with Crippen LogP contribution < -0.4 is 5.32 Å². The fourth-order valence-electron chi connectivity index (χ4n) is 2.03. The number of alkyl halides is 3. The predicted molar refractivity (Wildman–Crippen MR) is 71.6 cm³/mol. The lowest BCUT2D eigenvalue weighted by atomic mass is 9.97. The van der Waals surface area contributed by atoms with E-state index in [1.54, 1.807) is 25.2 Å². The average Bonchev–Trinajstić information content (AvgIpc) is 2.41. The van der Waals surface area contributed by atoms with E-state index in [1.807, 2.05) is 0 Å². The molecule has 2 rings (SSSR count). The smallest absolute Gasteiger partial charge is 0.308 e. The lowest BCUT2D eigenvalue weighted by molar-refractivity contribution is -0.138. The second-order valence-corrected chi connectivity index (χ2v) is 4.64. The third kappa shape index (κ3) is 3.11. The molecule has 1 heterocycles. The summed E-state index contributed by atoms with van der Waals surface area (Å²) in [4.78, 5) is 4.09. The molecule has 1 unspecified atom stereocenters. The quantitative estimate of drug-likeness (QED) is 0.924. The molecule has 1 N–H and O–H groups in total. The molecule has 0 aliphatic heterocycles. The van der Waals surface area contributed by atoms with E-state index in [0.29, 0.717) is 10.7 Å². The van der Waals surface area contributed by atoms with Gasteiger partial charge in [-0.1, -0.05) is 29.8 Å². The lowest BCUT2D eigenvalue weighted by Gasteiger charge is -2.21. The molecule has 0 bridgehead atoms. The van der Waals surface area contributed by atoms with Crippen molar-refractivity contribution >= 4 is 11.6 Å². The van der Waals surface area contributed by atoms with Crippen LogP contribution in [-0.2, 0) is 6.18 Å². The number of nitrogens with zero attached hydrogens (tertiary/aromatic N) is 1. The van der Waals surface area contributed by atoms with Gasteiger partial charge in [0.2, 0.25) is 0 Å². The van der Waals surface area contributed by atoms with Crippen molar-refractivity contribution in [1.82, 2.24) is 10.3 Å². The van der Waals surface area contributed by atoms with Gasteiger partial charge in [-0.15, -0.1) is 0 Å². The number of aromatic nitrogens is 1. The summed E-state index contributed by atoms with van der Waals surface area (Å²) in [6, 6.07) is 8.01. The first-order chi connectivity index (χ1) is 9.43. The maximum Gasteiger partial charge on any atom is 0.416 e. The van der Waals surface area contributed by atoms with Gasteiger partial charge < -0.3 is 5.32 Å². The fourth-order valence-corrected chi connectivity index (χ4v) is 2.14. The van der Waals surface area contributed by atoms with E-state index in [1.165, 1.54) is 18.3 Å². The third-order valence-electron chi connectivity index (χ3n) is 2.91. The van der Waals surface area contributed by atoms with Crippen LogP contribution >= 0.6 is 11.6 Å². The van der Waals surface area contributed by atoms with Crippen molar-refractivity contribution in [2.75, 3.05) is 7.05 Å². The Morgan fingerprint density at radius 3 is 2.40 bits per heavy atom. The standard InChI is InChI=1S/C14H12ClF3N2/c1-19-13(12-7-6-9(15)8-20-12)10-4-2-3-5-11(10)14(16,17)18/h2-8,13,19H,1H3. The molecule has 0 saturated heterocycles. The number of pyridine rings is 1. The first-order valence-corrected chi connectivity index (χ1v) is 6.26. The molecule has 2 aromatic rings. The van der Waals surface area contributed by atoms with Crippen molar-refractivity contribution in [3.63, 3.8) is 0 Å². The summed E-state index contributed by atoms with van der Waals surface area (Å²) >= 11 is 5.75. The van der Waals surface area contributed by atoms with Crippen molar-refractivity contribution in [3.8, 4) is 0 Å². The molecule has 1 aromatic carbocycles. The van der Waals surface area contributed by atoms with Crippen LogP contribution in [0.2, 0.25) is 5.02 Å². The van der Waals surface area contributed by atoms with Crippen LogP contribution in [0.5, 0.6) is 0 Å². The number of hydrogen-bond donors (Lipinski definition) is 1. The largest absolute Gasteiger partial charge is 0.416 e. The van der Waals surface area contributed by atoms with Crippen molar-refractivity contribution < 1.29 is 13.2 Å². The van der Waals surface area contributed by atoms with Crippen LogP contribution in [-0.4, -0.2) is 12.0 Å².